The van der Waals surface area contributed by atoms with Crippen molar-refractivity contribution >= 4 is 5.91 Å². The monoisotopic (exact) mass is 222 g/mol. The minimum absolute atomic E-state index is 0.0181. The van der Waals surface area contributed by atoms with Crippen molar-refractivity contribution in [2.75, 3.05) is 6.54 Å². The standard InChI is InChI=1S/C12H18N2O2/c1-10(15)6-8-14-12(16)5-4-11-3-2-7-13-9-11/h2-3,7,9-10,15H,4-6,8H2,1H3,(H,14,16). The summed E-state index contributed by atoms with van der Waals surface area (Å²) >= 11 is 0. The Morgan fingerprint density at radius 3 is 3.06 bits per heavy atom. The molecule has 1 rings (SSSR count). The van der Waals surface area contributed by atoms with E-state index in [1.807, 2.05) is 12.1 Å². The minimum atomic E-state index is -0.362. The first kappa shape index (κ1) is 12.6. The van der Waals surface area contributed by atoms with Gasteiger partial charge in [-0.25, -0.2) is 0 Å². The second-order valence-corrected chi connectivity index (χ2v) is 3.85. The lowest BCUT2D eigenvalue weighted by molar-refractivity contribution is -0.121. The van der Waals surface area contributed by atoms with E-state index < -0.39 is 0 Å². The number of aliphatic hydroxyl groups excluding tert-OH is 1. The molecule has 0 bridgehead atoms. The number of carbonyl (C=O) groups excluding carboxylic acids is 1. The maximum atomic E-state index is 11.4. The average molecular weight is 222 g/mol. The van der Waals surface area contributed by atoms with Crippen LogP contribution in [0.15, 0.2) is 24.5 Å². The molecule has 0 radical (unpaired) electrons. The summed E-state index contributed by atoms with van der Waals surface area (Å²) in [5.41, 5.74) is 1.06. The fourth-order valence-corrected chi connectivity index (χ4v) is 1.31. The molecule has 88 valence electrons. The van der Waals surface area contributed by atoms with Gasteiger partial charge < -0.3 is 10.4 Å². The predicted octanol–water partition coefficient (Wildman–Crippen LogP) is 0.901. The second-order valence-electron chi connectivity index (χ2n) is 3.85. The first-order chi connectivity index (χ1) is 7.68. The van der Waals surface area contributed by atoms with Gasteiger partial charge in [-0.2, -0.15) is 0 Å². The molecule has 0 spiro atoms. The lowest BCUT2D eigenvalue weighted by Crippen LogP contribution is -2.26. The quantitative estimate of drug-likeness (QED) is 0.751. The molecule has 0 saturated carbocycles. The highest BCUT2D eigenvalue weighted by molar-refractivity contribution is 5.76. The van der Waals surface area contributed by atoms with Crippen LogP contribution in [0.2, 0.25) is 0 Å². The summed E-state index contributed by atoms with van der Waals surface area (Å²) in [5, 5.41) is 11.8. The Morgan fingerprint density at radius 2 is 2.44 bits per heavy atom. The van der Waals surface area contributed by atoms with E-state index in [2.05, 4.69) is 10.3 Å². The molecule has 4 nitrogen and oxygen atoms in total. The first-order valence-corrected chi connectivity index (χ1v) is 5.52. The van der Waals surface area contributed by atoms with Crippen LogP contribution in [0.1, 0.15) is 25.3 Å². The number of aliphatic hydroxyl groups is 1. The van der Waals surface area contributed by atoms with Crippen LogP contribution < -0.4 is 5.32 Å². The number of aryl methyl sites for hydroxylation is 1. The molecule has 0 aliphatic heterocycles. The molecular weight excluding hydrogens is 204 g/mol. The molecule has 0 fully saturated rings. The van der Waals surface area contributed by atoms with Gasteiger partial charge in [0, 0.05) is 25.4 Å². The maximum Gasteiger partial charge on any atom is 0.220 e. The maximum absolute atomic E-state index is 11.4. The molecular formula is C12H18N2O2. The van der Waals surface area contributed by atoms with E-state index in [9.17, 15) is 4.79 Å². The van der Waals surface area contributed by atoms with Crippen LogP contribution in [0, 0.1) is 0 Å². The fourth-order valence-electron chi connectivity index (χ4n) is 1.31. The number of rotatable bonds is 6. The van der Waals surface area contributed by atoms with Crippen molar-refractivity contribution in [3.05, 3.63) is 30.1 Å². The van der Waals surface area contributed by atoms with Gasteiger partial charge >= 0.3 is 0 Å². The van der Waals surface area contributed by atoms with Crippen LogP contribution in [0.5, 0.6) is 0 Å². The Kier molecular flexibility index (Phi) is 5.50. The fraction of sp³-hybridized carbons (Fsp3) is 0.500. The van der Waals surface area contributed by atoms with E-state index >= 15 is 0 Å². The number of amides is 1. The van der Waals surface area contributed by atoms with Gasteiger partial charge in [0.15, 0.2) is 0 Å². The molecule has 0 aliphatic rings. The van der Waals surface area contributed by atoms with Crippen molar-refractivity contribution in [1.82, 2.24) is 10.3 Å². The molecule has 0 aromatic carbocycles. The van der Waals surface area contributed by atoms with Gasteiger partial charge in [0.1, 0.15) is 0 Å². The van der Waals surface area contributed by atoms with Crippen molar-refractivity contribution in [3.8, 4) is 0 Å². The summed E-state index contributed by atoms with van der Waals surface area (Å²) in [6.45, 7) is 2.24. The van der Waals surface area contributed by atoms with Gasteiger partial charge in [0.25, 0.3) is 0 Å². The highest BCUT2D eigenvalue weighted by atomic mass is 16.3. The molecule has 4 heteroatoms. The van der Waals surface area contributed by atoms with Crippen LogP contribution in [-0.4, -0.2) is 28.6 Å². The largest absolute Gasteiger partial charge is 0.393 e. The van der Waals surface area contributed by atoms with Gasteiger partial charge in [0.05, 0.1) is 6.10 Å². The summed E-state index contributed by atoms with van der Waals surface area (Å²) in [7, 11) is 0. The molecule has 16 heavy (non-hydrogen) atoms. The van der Waals surface area contributed by atoms with Crippen molar-refractivity contribution in [2.45, 2.75) is 32.3 Å². The zero-order chi connectivity index (χ0) is 11.8. The number of hydrogen-bond acceptors (Lipinski definition) is 3. The van der Waals surface area contributed by atoms with Crippen molar-refractivity contribution in [3.63, 3.8) is 0 Å². The number of nitrogens with one attached hydrogen (secondary N) is 1. The summed E-state index contributed by atoms with van der Waals surface area (Å²) < 4.78 is 0. The molecule has 0 saturated heterocycles. The van der Waals surface area contributed by atoms with Gasteiger partial charge in [0.2, 0.25) is 5.91 Å². The Balaban J connectivity index is 2.16. The van der Waals surface area contributed by atoms with E-state index in [1.165, 1.54) is 0 Å². The van der Waals surface area contributed by atoms with Crippen LogP contribution >= 0.6 is 0 Å². The van der Waals surface area contributed by atoms with Crippen molar-refractivity contribution in [1.29, 1.82) is 0 Å². The third-order valence-corrected chi connectivity index (χ3v) is 2.25. The molecule has 2 N–H and O–H groups in total. The Hall–Kier alpha value is -1.42. The van der Waals surface area contributed by atoms with E-state index in [1.54, 1.807) is 19.3 Å². The lowest BCUT2D eigenvalue weighted by Gasteiger charge is -2.06. The lowest BCUT2D eigenvalue weighted by atomic mass is 10.1. The highest BCUT2D eigenvalue weighted by Gasteiger charge is 2.02. The van der Waals surface area contributed by atoms with Gasteiger partial charge in [-0.1, -0.05) is 6.07 Å². The summed E-state index contributed by atoms with van der Waals surface area (Å²) in [6, 6.07) is 3.82. The molecule has 1 aromatic rings. The van der Waals surface area contributed by atoms with Crippen molar-refractivity contribution < 1.29 is 9.90 Å². The molecule has 1 unspecified atom stereocenters. The Bertz CT molecular complexity index is 312. The summed E-state index contributed by atoms with van der Waals surface area (Å²) in [6.07, 6.45) is 4.88. The van der Waals surface area contributed by atoms with Gasteiger partial charge in [-0.15, -0.1) is 0 Å². The van der Waals surface area contributed by atoms with E-state index in [0.717, 1.165) is 5.56 Å². The molecule has 1 heterocycles. The predicted molar refractivity (Wildman–Crippen MR) is 61.9 cm³/mol. The number of nitrogens with zero attached hydrogens (tertiary/aromatic N) is 1. The Labute approximate surface area is 95.7 Å². The number of aromatic nitrogens is 1. The third kappa shape index (κ3) is 5.46. The number of pyridine rings is 1. The molecule has 1 amide bonds. The zero-order valence-electron chi connectivity index (χ0n) is 9.52. The van der Waals surface area contributed by atoms with E-state index in [4.69, 9.17) is 5.11 Å². The first-order valence-electron chi connectivity index (χ1n) is 5.52. The molecule has 0 aliphatic carbocycles. The molecule has 1 atom stereocenters. The Morgan fingerprint density at radius 1 is 1.62 bits per heavy atom. The summed E-state index contributed by atoms with van der Waals surface area (Å²) in [5.74, 6) is 0.0181. The van der Waals surface area contributed by atoms with Crippen molar-refractivity contribution in [2.24, 2.45) is 0 Å². The normalized spacial score (nSPS) is 12.1. The van der Waals surface area contributed by atoms with E-state index in [0.29, 0.717) is 25.8 Å². The smallest absolute Gasteiger partial charge is 0.220 e. The van der Waals surface area contributed by atoms with Crippen LogP contribution in [-0.2, 0) is 11.2 Å². The van der Waals surface area contributed by atoms with Crippen LogP contribution in [0.25, 0.3) is 0 Å². The van der Waals surface area contributed by atoms with E-state index in [-0.39, 0.29) is 12.0 Å². The second kappa shape index (κ2) is 6.95. The highest BCUT2D eigenvalue weighted by Crippen LogP contribution is 2.00. The topological polar surface area (TPSA) is 62.2 Å². The summed E-state index contributed by atoms with van der Waals surface area (Å²) in [4.78, 5) is 15.4. The zero-order valence-corrected chi connectivity index (χ0v) is 9.52. The molecule has 1 aromatic heterocycles. The average Bonchev–Trinajstić information content (AvgIpc) is 2.27. The van der Waals surface area contributed by atoms with Gasteiger partial charge in [-0.3, -0.25) is 9.78 Å². The number of hydrogen-bond donors (Lipinski definition) is 2. The number of carbonyl (C=O) groups is 1. The van der Waals surface area contributed by atoms with Crippen LogP contribution in [0.4, 0.5) is 0 Å². The van der Waals surface area contributed by atoms with Gasteiger partial charge in [-0.05, 0) is 31.4 Å². The minimum Gasteiger partial charge on any atom is -0.393 e. The van der Waals surface area contributed by atoms with Crippen LogP contribution in [0.3, 0.4) is 0 Å². The third-order valence-electron chi connectivity index (χ3n) is 2.25. The SMILES string of the molecule is CC(O)CCNC(=O)CCc1cccnc1.